The Morgan fingerprint density at radius 1 is 1.09 bits per heavy atom. The molecule has 9 nitrogen and oxygen atoms in total. The van der Waals surface area contributed by atoms with Crippen molar-refractivity contribution in [3.05, 3.63) is 51.9 Å². The zero-order valence-corrected chi connectivity index (χ0v) is 19.2. The molecule has 4 rings (SSSR count). The lowest BCUT2D eigenvalue weighted by Gasteiger charge is -2.19. The van der Waals surface area contributed by atoms with Gasteiger partial charge in [-0.1, -0.05) is 37.6 Å². The van der Waals surface area contributed by atoms with E-state index in [1.807, 2.05) is 0 Å². The average molecular weight is 452 g/mol. The third-order valence-electron chi connectivity index (χ3n) is 6.14. The molecule has 0 bridgehead atoms. The Labute approximate surface area is 193 Å². The first kappa shape index (κ1) is 23.1. The van der Waals surface area contributed by atoms with Gasteiger partial charge in [0.2, 0.25) is 5.95 Å². The molecular formula is C24H33N7O2. The normalized spacial score (nSPS) is 15.2. The highest BCUT2D eigenvalue weighted by atomic mass is 16.3. The summed E-state index contributed by atoms with van der Waals surface area (Å²) < 4.78 is 1.43. The van der Waals surface area contributed by atoms with Crippen molar-refractivity contribution in [2.45, 2.75) is 58.2 Å². The van der Waals surface area contributed by atoms with Gasteiger partial charge in [0.15, 0.2) is 0 Å². The molecule has 1 aromatic carbocycles. The van der Waals surface area contributed by atoms with Crippen molar-refractivity contribution < 1.29 is 5.11 Å². The van der Waals surface area contributed by atoms with Gasteiger partial charge in [-0.3, -0.25) is 9.69 Å². The highest BCUT2D eigenvalue weighted by Crippen LogP contribution is 2.20. The predicted molar refractivity (Wildman–Crippen MR) is 130 cm³/mol. The second-order valence-corrected chi connectivity index (χ2v) is 8.74. The number of nitrogens with zero attached hydrogens (tertiary/aromatic N) is 5. The minimum Gasteiger partial charge on any atom is -0.396 e. The summed E-state index contributed by atoms with van der Waals surface area (Å²) in [5, 5.41) is 17.4. The van der Waals surface area contributed by atoms with Crippen LogP contribution in [0.25, 0.3) is 10.9 Å². The zero-order valence-electron chi connectivity index (χ0n) is 19.2. The second kappa shape index (κ2) is 10.7. The first-order chi connectivity index (χ1) is 16.1. The van der Waals surface area contributed by atoms with Gasteiger partial charge in [0.25, 0.3) is 5.56 Å². The van der Waals surface area contributed by atoms with Gasteiger partial charge in [0.05, 0.1) is 12.7 Å². The number of hydrogen-bond donors (Lipinski definition) is 3. The molecule has 3 heterocycles. The Bertz CT molecular complexity index is 1120. The molecule has 1 aliphatic heterocycles. The molecule has 1 unspecified atom stereocenters. The SMILES string of the molecule is CCCC(CCO)Nc1nc(N)nc2cnn(Cc3ccc(CN4CCCC4)cc3)c(=O)c12. The molecule has 0 spiro atoms. The van der Waals surface area contributed by atoms with Gasteiger partial charge < -0.3 is 16.2 Å². The molecule has 2 aromatic heterocycles. The van der Waals surface area contributed by atoms with Crippen LogP contribution in [0, 0.1) is 0 Å². The summed E-state index contributed by atoms with van der Waals surface area (Å²) in [6.07, 6.45) is 6.45. The second-order valence-electron chi connectivity index (χ2n) is 8.74. The maximum atomic E-state index is 13.3. The summed E-state index contributed by atoms with van der Waals surface area (Å²) in [6, 6.07) is 8.35. The molecule has 0 saturated carbocycles. The van der Waals surface area contributed by atoms with Gasteiger partial charge >= 0.3 is 0 Å². The van der Waals surface area contributed by atoms with Crippen LogP contribution in [-0.4, -0.2) is 55.5 Å². The fourth-order valence-corrected chi connectivity index (χ4v) is 4.43. The molecule has 1 fully saturated rings. The van der Waals surface area contributed by atoms with E-state index < -0.39 is 0 Å². The smallest absolute Gasteiger partial charge is 0.280 e. The molecule has 176 valence electrons. The lowest BCUT2D eigenvalue weighted by atomic mass is 10.1. The Morgan fingerprint density at radius 2 is 1.79 bits per heavy atom. The van der Waals surface area contributed by atoms with Crippen molar-refractivity contribution in [3.63, 3.8) is 0 Å². The lowest BCUT2D eigenvalue weighted by molar-refractivity contribution is 0.276. The standard InChI is InChI=1S/C24H33N7O2/c1-2-5-19(10-13-32)27-22-21-20(28-24(25)29-22)14-26-31(23(21)33)16-18-8-6-17(7-9-18)15-30-11-3-4-12-30/h6-9,14,19,32H,2-5,10-13,15-16H2,1H3,(H3,25,27,28,29). The first-order valence-corrected chi connectivity index (χ1v) is 11.8. The van der Waals surface area contributed by atoms with E-state index in [0.717, 1.165) is 24.9 Å². The number of nitrogens with two attached hydrogens (primary N) is 1. The Kier molecular flexibility index (Phi) is 7.51. The number of nitrogen functional groups attached to an aromatic ring is 1. The summed E-state index contributed by atoms with van der Waals surface area (Å²) in [5.41, 5.74) is 8.30. The van der Waals surface area contributed by atoms with Crippen molar-refractivity contribution in [1.82, 2.24) is 24.6 Å². The quantitative estimate of drug-likeness (QED) is 0.429. The first-order valence-electron chi connectivity index (χ1n) is 11.8. The van der Waals surface area contributed by atoms with Crippen LogP contribution >= 0.6 is 0 Å². The summed E-state index contributed by atoms with van der Waals surface area (Å²) in [4.78, 5) is 24.3. The fraction of sp³-hybridized carbons (Fsp3) is 0.500. The molecular weight excluding hydrogens is 418 g/mol. The van der Waals surface area contributed by atoms with E-state index in [9.17, 15) is 9.90 Å². The number of likely N-dealkylation sites (tertiary alicyclic amines) is 1. The largest absolute Gasteiger partial charge is 0.396 e. The van der Waals surface area contributed by atoms with Crippen LogP contribution in [-0.2, 0) is 13.1 Å². The van der Waals surface area contributed by atoms with Gasteiger partial charge in [-0.05, 0) is 49.9 Å². The van der Waals surface area contributed by atoms with E-state index in [4.69, 9.17) is 5.73 Å². The monoisotopic (exact) mass is 451 g/mol. The lowest BCUT2D eigenvalue weighted by Crippen LogP contribution is -2.27. The zero-order chi connectivity index (χ0) is 23.2. The van der Waals surface area contributed by atoms with Gasteiger partial charge in [-0.25, -0.2) is 9.67 Å². The Morgan fingerprint density at radius 3 is 2.45 bits per heavy atom. The van der Waals surface area contributed by atoms with Crippen molar-refractivity contribution in [2.75, 3.05) is 30.7 Å². The van der Waals surface area contributed by atoms with E-state index in [0.29, 0.717) is 29.7 Å². The molecule has 1 aliphatic rings. The molecule has 0 aliphatic carbocycles. The number of rotatable bonds is 10. The molecule has 3 aromatic rings. The van der Waals surface area contributed by atoms with Gasteiger partial charge in [-0.15, -0.1) is 0 Å². The van der Waals surface area contributed by atoms with E-state index in [2.05, 4.69) is 56.5 Å². The number of aliphatic hydroxyl groups excluding tert-OH is 1. The number of aromatic nitrogens is 4. The molecule has 1 saturated heterocycles. The van der Waals surface area contributed by atoms with Crippen LogP contribution in [0.1, 0.15) is 50.2 Å². The maximum absolute atomic E-state index is 13.3. The predicted octanol–water partition coefficient (Wildman–Crippen LogP) is 2.38. The Hall–Kier alpha value is -3.04. The number of hydrogen-bond acceptors (Lipinski definition) is 8. The van der Waals surface area contributed by atoms with Gasteiger partial charge in [0, 0.05) is 19.2 Å². The van der Waals surface area contributed by atoms with Crippen LogP contribution in [0.3, 0.4) is 0 Å². The van der Waals surface area contributed by atoms with Crippen LogP contribution in [0.15, 0.2) is 35.3 Å². The number of anilines is 2. The molecule has 4 N–H and O–H groups in total. The highest BCUT2D eigenvalue weighted by Gasteiger charge is 2.17. The highest BCUT2D eigenvalue weighted by molar-refractivity contribution is 5.88. The fourth-order valence-electron chi connectivity index (χ4n) is 4.43. The summed E-state index contributed by atoms with van der Waals surface area (Å²) in [5.74, 6) is 0.475. The van der Waals surface area contributed by atoms with E-state index in [1.165, 1.54) is 36.2 Å². The number of aliphatic hydroxyl groups is 1. The van der Waals surface area contributed by atoms with Crippen LogP contribution in [0.2, 0.25) is 0 Å². The molecule has 0 radical (unpaired) electrons. The van der Waals surface area contributed by atoms with Gasteiger partial charge in [-0.2, -0.15) is 10.1 Å². The molecule has 33 heavy (non-hydrogen) atoms. The van der Waals surface area contributed by atoms with Crippen molar-refractivity contribution >= 4 is 22.7 Å². The molecule has 0 amide bonds. The minimum absolute atomic E-state index is 0.0123. The minimum atomic E-state index is -0.268. The number of nitrogens with one attached hydrogen (secondary N) is 1. The summed E-state index contributed by atoms with van der Waals surface area (Å²) >= 11 is 0. The van der Waals surface area contributed by atoms with Crippen molar-refractivity contribution in [1.29, 1.82) is 0 Å². The topological polar surface area (TPSA) is 122 Å². The maximum Gasteiger partial charge on any atom is 0.280 e. The number of fused-ring (bicyclic) bond motifs is 1. The summed E-state index contributed by atoms with van der Waals surface area (Å²) in [7, 11) is 0. The average Bonchev–Trinajstić information content (AvgIpc) is 3.30. The number of benzene rings is 1. The van der Waals surface area contributed by atoms with Crippen molar-refractivity contribution in [3.8, 4) is 0 Å². The Balaban J connectivity index is 1.59. The molecule has 1 atom stereocenters. The third kappa shape index (κ3) is 5.66. The van der Waals surface area contributed by atoms with Crippen molar-refractivity contribution in [2.24, 2.45) is 0 Å². The van der Waals surface area contributed by atoms with Crippen LogP contribution < -0.4 is 16.6 Å². The van der Waals surface area contributed by atoms with Gasteiger partial charge in [0.1, 0.15) is 16.7 Å². The van der Waals surface area contributed by atoms with E-state index >= 15 is 0 Å². The van der Waals surface area contributed by atoms with Crippen LogP contribution in [0.4, 0.5) is 11.8 Å². The summed E-state index contributed by atoms with van der Waals surface area (Å²) in [6.45, 7) is 5.78. The van der Waals surface area contributed by atoms with E-state index in [-0.39, 0.29) is 24.2 Å². The molecule has 9 heteroatoms. The van der Waals surface area contributed by atoms with E-state index in [1.54, 1.807) is 6.20 Å². The van der Waals surface area contributed by atoms with Crippen LogP contribution in [0.5, 0.6) is 0 Å². The third-order valence-corrected chi connectivity index (χ3v) is 6.14.